The monoisotopic (exact) mass is 524 g/mol. The zero-order valence-corrected chi connectivity index (χ0v) is 21.1. The van der Waals surface area contributed by atoms with Crippen LogP contribution in [0.1, 0.15) is 43.3 Å². The van der Waals surface area contributed by atoms with Crippen LogP contribution in [0.5, 0.6) is 34.5 Å². The van der Waals surface area contributed by atoms with E-state index in [0.717, 1.165) is 5.56 Å². The summed E-state index contributed by atoms with van der Waals surface area (Å²) in [4.78, 5) is 28.3. The lowest BCUT2D eigenvalue weighted by atomic mass is 9.67. The highest BCUT2D eigenvalue weighted by Crippen LogP contribution is 2.52. The Morgan fingerprint density at radius 3 is 2.26 bits per heavy atom. The quantitative estimate of drug-likeness (QED) is 0.276. The van der Waals surface area contributed by atoms with Crippen molar-refractivity contribution in [3.8, 4) is 34.5 Å². The summed E-state index contributed by atoms with van der Waals surface area (Å²) >= 11 is 0. The number of ketones is 2. The van der Waals surface area contributed by atoms with E-state index in [9.17, 15) is 30.0 Å². The maximum absolute atomic E-state index is 14.3. The minimum absolute atomic E-state index is 0.000811. The van der Waals surface area contributed by atoms with E-state index in [4.69, 9.17) is 9.47 Å². The topological polar surface area (TPSA) is 134 Å². The average molecular weight is 525 g/mol. The smallest absolute Gasteiger partial charge is 0.200 e. The van der Waals surface area contributed by atoms with Gasteiger partial charge in [0.1, 0.15) is 17.2 Å². The van der Waals surface area contributed by atoms with Gasteiger partial charge < -0.3 is 29.9 Å². The summed E-state index contributed by atoms with van der Waals surface area (Å²) in [6.07, 6.45) is 0.313. The van der Waals surface area contributed by atoms with E-state index in [2.05, 4.69) is 0 Å². The SMILES string of the molecule is COc1ccc(CC2C3=C(Cc4c2cc(O)c(O)c4OC)C(=O)c2cc(O)c4cc(O)ccc4c2C3=O)cc1. The minimum atomic E-state index is -0.650. The summed E-state index contributed by atoms with van der Waals surface area (Å²) in [7, 11) is 2.93. The first-order valence-electron chi connectivity index (χ1n) is 12.3. The van der Waals surface area contributed by atoms with Gasteiger partial charge in [0, 0.05) is 45.6 Å². The molecule has 1 atom stereocenters. The third kappa shape index (κ3) is 3.59. The molecule has 8 heteroatoms. The number of aromatic hydroxyl groups is 4. The second-order valence-electron chi connectivity index (χ2n) is 9.73. The fourth-order valence-electron chi connectivity index (χ4n) is 5.87. The Balaban J connectivity index is 1.60. The van der Waals surface area contributed by atoms with Crippen molar-refractivity contribution in [2.75, 3.05) is 14.2 Å². The van der Waals surface area contributed by atoms with Gasteiger partial charge in [0.05, 0.1) is 14.2 Å². The number of fused-ring (bicyclic) bond motifs is 4. The molecule has 0 aromatic heterocycles. The highest BCUT2D eigenvalue weighted by molar-refractivity contribution is 6.32. The van der Waals surface area contributed by atoms with Crippen LogP contribution in [-0.4, -0.2) is 46.2 Å². The number of benzene rings is 4. The average Bonchev–Trinajstić information content (AvgIpc) is 2.93. The molecular formula is C31H24O8. The Kier molecular flexibility index (Phi) is 5.50. The van der Waals surface area contributed by atoms with Crippen molar-refractivity contribution in [3.63, 3.8) is 0 Å². The molecule has 2 aliphatic rings. The van der Waals surface area contributed by atoms with E-state index in [1.807, 2.05) is 12.1 Å². The van der Waals surface area contributed by atoms with Gasteiger partial charge in [0.2, 0.25) is 5.75 Å². The van der Waals surface area contributed by atoms with Crippen molar-refractivity contribution in [3.05, 3.63) is 93.6 Å². The van der Waals surface area contributed by atoms with Crippen LogP contribution in [0.4, 0.5) is 0 Å². The summed E-state index contributed by atoms with van der Waals surface area (Å²) in [6, 6.07) is 14.3. The standard InChI is InChI=1S/C31H24O8/c1-38-16-6-3-14(4-7-16)9-20-18-12-25(34)29(36)31(39-2)21(18)11-22-27(20)30(37)26-17-8-5-15(32)10-19(17)24(33)13-23(26)28(22)35/h3-8,10,12-13,20,32-34,36H,9,11H2,1-2H3. The van der Waals surface area contributed by atoms with Crippen molar-refractivity contribution in [2.24, 2.45) is 0 Å². The number of carbonyl (C=O) groups is 2. The molecule has 0 radical (unpaired) electrons. The van der Waals surface area contributed by atoms with Gasteiger partial charge in [-0.3, -0.25) is 9.59 Å². The molecule has 2 aliphatic carbocycles. The zero-order chi connectivity index (χ0) is 27.6. The number of allylic oxidation sites excluding steroid dienone is 2. The highest BCUT2D eigenvalue weighted by Gasteiger charge is 2.43. The number of Topliss-reactive ketones (excluding diaryl/α,β-unsaturated/α-hetero) is 2. The van der Waals surface area contributed by atoms with Gasteiger partial charge in [-0.1, -0.05) is 12.1 Å². The fraction of sp³-hybridized carbons (Fsp3) is 0.161. The number of hydrogen-bond donors (Lipinski definition) is 4. The van der Waals surface area contributed by atoms with E-state index in [1.165, 1.54) is 37.4 Å². The normalized spacial score (nSPS) is 16.1. The number of hydrogen-bond acceptors (Lipinski definition) is 8. The molecule has 1 unspecified atom stereocenters. The molecule has 4 aromatic rings. The van der Waals surface area contributed by atoms with Gasteiger partial charge in [-0.15, -0.1) is 0 Å². The third-order valence-corrected chi connectivity index (χ3v) is 7.67. The first kappa shape index (κ1) is 24.4. The van der Waals surface area contributed by atoms with E-state index < -0.39 is 23.2 Å². The highest BCUT2D eigenvalue weighted by atomic mass is 16.5. The molecule has 4 N–H and O–H groups in total. The van der Waals surface area contributed by atoms with Crippen molar-refractivity contribution in [1.29, 1.82) is 0 Å². The van der Waals surface area contributed by atoms with Crippen LogP contribution >= 0.6 is 0 Å². The predicted octanol–water partition coefficient (Wildman–Crippen LogP) is 4.94. The first-order chi connectivity index (χ1) is 18.7. The Morgan fingerprint density at radius 2 is 1.56 bits per heavy atom. The number of phenolic OH excluding ortho intramolecular Hbond substituents is 4. The molecule has 0 aliphatic heterocycles. The zero-order valence-electron chi connectivity index (χ0n) is 21.1. The number of methoxy groups -OCH3 is 2. The van der Waals surface area contributed by atoms with Gasteiger partial charge >= 0.3 is 0 Å². The van der Waals surface area contributed by atoms with Crippen LogP contribution in [0.3, 0.4) is 0 Å². The summed E-state index contributed by atoms with van der Waals surface area (Å²) in [5.41, 5.74) is 2.71. The minimum Gasteiger partial charge on any atom is -0.508 e. The van der Waals surface area contributed by atoms with Crippen LogP contribution in [0.25, 0.3) is 10.8 Å². The lowest BCUT2D eigenvalue weighted by Crippen LogP contribution is -2.31. The predicted molar refractivity (Wildman–Crippen MR) is 142 cm³/mol. The molecule has 4 aromatic carbocycles. The summed E-state index contributed by atoms with van der Waals surface area (Å²) in [6.45, 7) is 0. The van der Waals surface area contributed by atoms with Gasteiger partial charge in [-0.25, -0.2) is 0 Å². The van der Waals surface area contributed by atoms with E-state index in [0.29, 0.717) is 34.3 Å². The lowest BCUT2D eigenvalue weighted by Gasteiger charge is -2.34. The molecule has 8 nitrogen and oxygen atoms in total. The molecule has 6 rings (SSSR count). The van der Waals surface area contributed by atoms with Gasteiger partial charge in [0.15, 0.2) is 23.1 Å². The third-order valence-electron chi connectivity index (χ3n) is 7.67. The van der Waals surface area contributed by atoms with Crippen LogP contribution in [-0.2, 0) is 12.8 Å². The van der Waals surface area contributed by atoms with Crippen molar-refractivity contribution in [2.45, 2.75) is 18.8 Å². The molecule has 0 saturated carbocycles. The second kappa shape index (κ2) is 8.80. The van der Waals surface area contributed by atoms with Crippen LogP contribution in [0.2, 0.25) is 0 Å². The van der Waals surface area contributed by atoms with Gasteiger partial charge in [-0.2, -0.15) is 0 Å². The maximum atomic E-state index is 14.3. The Morgan fingerprint density at radius 1 is 0.821 bits per heavy atom. The van der Waals surface area contributed by atoms with Crippen LogP contribution in [0, 0.1) is 0 Å². The second-order valence-corrected chi connectivity index (χ2v) is 9.73. The number of carbonyl (C=O) groups excluding carboxylic acids is 2. The summed E-state index contributed by atoms with van der Waals surface area (Å²) in [5, 5.41) is 42.3. The molecule has 39 heavy (non-hydrogen) atoms. The molecule has 0 saturated heterocycles. The maximum Gasteiger partial charge on any atom is 0.200 e. The van der Waals surface area contributed by atoms with Crippen molar-refractivity contribution < 1.29 is 39.5 Å². The van der Waals surface area contributed by atoms with Gasteiger partial charge in [0.25, 0.3) is 0 Å². The van der Waals surface area contributed by atoms with Crippen LogP contribution in [0.15, 0.2) is 65.7 Å². The molecule has 0 spiro atoms. The number of rotatable bonds is 4. The lowest BCUT2D eigenvalue weighted by molar-refractivity contribution is 0.0966. The Bertz CT molecular complexity index is 1750. The van der Waals surface area contributed by atoms with Crippen molar-refractivity contribution >= 4 is 22.3 Å². The number of phenols is 4. The van der Waals surface area contributed by atoms with E-state index in [-0.39, 0.29) is 51.5 Å². The van der Waals surface area contributed by atoms with E-state index >= 15 is 0 Å². The molecule has 0 amide bonds. The summed E-state index contributed by atoms with van der Waals surface area (Å²) < 4.78 is 10.7. The largest absolute Gasteiger partial charge is 0.508 e. The molecule has 196 valence electrons. The molecule has 0 heterocycles. The van der Waals surface area contributed by atoms with Crippen LogP contribution < -0.4 is 9.47 Å². The first-order valence-corrected chi connectivity index (χ1v) is 12.3. The molecular weight excluding hydrogens is 500 g/mol. The van der Waals surface area contributed by atoms with E-state index in [1.54, 1.807) is 19.2 Å². The van der Waals surface area contributed by atoms with Crippen molar-refractivity contribution in [1.82, 2.24) is 0 Å². The Hall–Kier alpha value is -4.98. The molecule has 0 bridgehead atoms. The summed E-state index contributed by atoms with van der Waals surface area (Å²) in [5.74, 6) is -1.87. The van der Waals surface area contributed by atoms with Gasteiger partial charge in [-0.05, 0) is 65.4 Å². The Labute approximate surface area is 223 Å². The number of ether oxygens (including phenoxy) is 2. The fourth-order valence-corrected chi connectivity index (χ4v) is 5.87. The molecule has 0 fully saturated rings.